The topological polar surface area (TPSA) is 85.3 Å². The first-order chi connectivity index (χ1) is 9.83. The monoisotopic (exact) mass is 364 g/mol. The molecule has 130 valence electrons. The molecule has 1 heterocycles. The van der Waals surface area contributed by atoms with Crippen molar-refractivity contribution < 1.29 is 34.8 Å². The van der Waals surface area contributed by atoms with Crippen LogP contribution < -0.4 is 0 Å². The van der Waals surface area contributed by atoms with E-state index in [1.54, 1.807) is 0 Å². The van der Waals surface area contributed by atoms with Crippen molar-refractivity contribution >= 4 is 25.5 Å². The molecule has 0 bridgehead atoms. The van der Waals surface area contributed by atoms with Crippen molar-refractivity contribution in [3.63, 3.8) is 0 Å². The number of unbranched alkanes of at least 4 members (excludes halogenated alkanes) is 2. The fourth-order valence-electron chi connectivity index (χ4n) is 2.56. The number of hydrogen-bond acceptors (Lipinski definition) is 5. The van der Waals surface area contributed by atoms with Gasteiger partial charge in [0.25, 0.3) is 9.84 Å². The molecule has 0 unspecified atom stereocenters. The zero-order valence-electron chi connectivity index (χ0n) is 12.3. The Balaban J connectivity index is 3.32. The molecule has 0 saturated carbocycles. The van der Waals surface area contributed by atoms with Gasteiger partial charge in [-0.3, -0.25) is 4.79 Å². The van der Waals surface area contributed by atoms with Crippen molar-refractivity contribution in [1.29, 1.82) is 0 Å². The fraction of sp³-hybridized carbons (Fsp3) is 0.917. The molecule has 1 aliphatic heterocycles. The van der Waals surface area contributed by atoms with E-state index in [-0.39, 0.29) is 6.42 Å². The second-order valence-electron chi connectivity index (χ2n) is 5.58. The molecule has 1 saturated heterocycles. The number of ketones is 1. The van der Waals surface area contributed by atoms with Gasteiger partial charge < -0.3 is 0 Å². The van der Waals surface area contributed by atoms with Crippen LogP contribution in [0.3, 0.4) is 0 Å². The summed E-state index contributed by atoms with van der Waals surface area (Å²) in [6.07, 6.45) is 0.204. The summed E-state index contributed by atoms with van der Waals surface area (Å²) in [4.78, 5) is 11.8. The number of hydrogen-bond donors (Lipinski definition) is 0. The minimum absolute atomic E-state index is 0.141. The molecule has 5 nitrogen and oxygen atoms in total. The fourth-order valence-corrected chi connectivity index (χ4v) is 7.20. The van der Waals surface area contributed by atoms with Crippen LogP contribution in [0.25, 0.3) is 0 Å². The van der Waals surface area contributed by atoms with E-state index in [1.165, 1.54) is 0 Å². The average Bonchev–Trinajstić information content (AvgIpc) is 2.37. The van der Waals surface area contributed by atoms with Gasteiger partial charge in [-0.2, -0.15) is 13.2 Å². The highest BCUT2D eigenvalue weighted by Gasteiger charge is 2.66. The molecule has 0 aliphatic carbocycles. The summed E-state index contributed by atoms with van der Waals surface area (Å²) in [5.41, 5.74) is -5.68. The highest BCUT2D eigenvalue weighted by Crippen LogP contribution is 2.45. The molecule has 22 heavy (non-hydrogen) atoms. The summed E-state index contributed by atoms with van der Waals surface area (Å²) in [6.45, 7) is 2.40. The first kappa shape index (κ1) is 19.4. The van der Waals surface area contributed by atoms with Gasteiger partial charge in [-0.15, -0.1) is 0 Å². The van der Waals surface area contributed by atoms with Gasteiger partial charge in [0.2, 0.25) is 0 Å². The Hall–Kier alpha value is -0.640. The predicted molar refractivity (Wildman–Crippen MR) is 74.5 cm³/mol. The third kappa shape index (κ3) is 2.91. The van der Waals surface area contributed by atoms with Gasteiger partial charge in [0, 0.05) is 6.42 Å². The molecule has 1 aliphatic rings. The molecule has 0 aromatic heterocycles. The number of Topliss-reactive ketones (excluding diaryl/α,β-unsaturated/α-hetero) is 1. The second-order valence-corrected chi connectivity index (χ2v) is 10.8. The van der Waals surface area contributed by atoms with Crippen LogP contribution in [0, 0.1) is 0 Å². The quantitative estimate of drug-likeness (QED) is 0.699. The van der Waals surface area contributed by atoms with Crippen molar-refractivity contribution in [2.45, 2.75) is 67.2 Å². The van der Waals surface area contributed by atoms with Crippen LogP contribution in [-0.2, 0) is 24.5 Å². The van der Waals surface area contributed by atoms with Gasteiger partial charge in [-0.25, -0.2) is 16.8 Å². The first-order valence-electron chi connectivity index (χ1n) is 6.90. The maximum Gasteiger partial charge on any atom is 0.498 e. The van der Waals surface area contributed by atoms with Crippen LogP contribution in [0.15, 0.2) is 0 Å². The van der Waals surface area contributed by atoms with E-state index in [0.29, 0.717) is 19.8 Å². The Kier molecular flexibility index (Phi) is 5.38. The smallest absolute Gasteiger partial charge is 0.298 e. The Labute approximate surface area is 128 Å². The maximum absolute atomic E-state index is 12.8. The van der Waals surface area contributed by atoms with Gasteiger partial charge in [0.05, 0.1) is 0 Å². The highest BCUT2D eigenvalue weighted by molar-refractivity contribution is 8.11. The highest BCUT2D eigenvalue weighted by atomic mass is 32.3. The molecule has 0 aromatic carbocycles. The van der Waals surface area contributed by atoms with E-state index in [2.05, 4.69) is 0 Å². The molecule has 0 aromatic rings. The lowest BCUT2D eigenvalue weighted by Crippen LogP contribution is -2.57. The Morgan fingerprint density at radius 2 is 1.82 bits per heavy atom. The summed E-state index contributed by atoms with van der Waals surface area (Å²) in [7, 11) is -10.7. The summed E-state index contributed by atoms with van der Waals surface area (Å²) in [5.74, 6) is -0.703. The predicted octanol–water partition coefficient (Wildman–Crippen LogP) is 2.36. The van der Waals surface area contributed by atoms with E-state index >= 15 is 0 Å². The minimum atomic E-state index is -5.93. The molecule has 2 atom stereocenters. The Morgan fingerprint density at radius 1 is 1.27 bits per heavy atom. The second kappa shape index (κ2) is 6.10. The van der Waals surface area contributed by atoms with E-state index in [0.717, 1.165) is 6.42 Å². The molecule has 1 rings (SSSR count). The van der Waals surface area contributed by atoms with Crippen molar-refractivity contribution in [1.82, 2.24) is 0 Å². The lowest BCUT2D eigenvalue weighted by atomic mass is 10.0. The van der Waals surface area contributed by atoms with Crippen molar-refractivity contribution in [3.8, 4) is 0 Å². The normalized spacial score (nSPS) is 29.5. The molecule has 0 spiro atoms. The van der Waals surface area contributed by atoms with Crippen molar-refractivity contribution in [3.05, 3.63) is 0 Å². The minimum Gasteiger partial charge on any atom is -0.298 e. The van der Waals surface area contributed by atoms with E-state index in [9.17, 15) is 34.8 Å². The molecule has 0 N–H and O–H groups in total. The van der Waals surface area contributed by atoms with Gasteiger partial charge in [-0.05, 0) is 19.8 Å². The largest absolute Gasteiger partial charge is 0.498 e. The Bertz CT molecular complexity index is 636. The van der Waals surface area contributed by atoms with Crippen molar-refractivity contribution in [2.24, 2.45) is 0 Å². The zero-order valence-corrected chi connectivity index (χ0v) is 13.9. The van der Waals surface area contributed by atoms with Crippen LogP contribution in [0.5, 0.6) is 0 Å². The van der Waals surface area contributed by atoms with Crippen LogP contribution in [0.2, 0.25) is 0 Å². The maximum atomic E-state index is 12.8. The Morgan fingerprint density at radius 3 is 2.27 bits per heavy atom. The first-order valence-corrected chi connectivity index (χ1v) is 9.93. The molecule has 10 heteroatoms. The van der Waals surface area contributed by atoms with Gasteiger partial charge in [0.1, 0.15) is 5.25 Å². The number of carbonyl (C=O) groups excluding carboxylic acids is 1. The number of rotatable bonds is 5. The van der Waals surface area contributed by atoms with E-state index in [1.807, 2.05) is 6.92 Å². The van der Waals surface area contributed by atoms with Gasteiger partial charge in [0.15, 0.2) is 19.7 Å². The summed E-state index contributed by atoms with van der Waals surface area (Å²) >= 11 is 0. The van der Waals surface area contributed by atoms with Gasteiger partial charge >= 0.3 is 5.51 Å². The number of sulfone groups is 2. The van der Waals surface area contributed by atoms with Crippen LogP contribution in [0.1, 0.15) is 52.4 Å². The molecular weight excluding hydrogens is 345 g/mol. The molecule has 0 amide bonds. The lowest BCUT2D eigenvalue weighted by Gasteiger charge is -2.36. The van der Waals surface area contributed by atoms with Crippen molar-refractivity contribution in [2.75, 3.05) is 0 Å². The van der Waals surface area contributed by atoms with Crippen LogP contribution >= 0.6 is 0 Å². The summed E-state index contributed by atoms with van der Waals surface area (Å²) in [6, 6.07) is 0. The average molecular weight is 364 g/mol. The number of carbonyl (C=O) groups is 1. The van der Waals surface area contributed by atoms with Crippen LogP contribution in [0.4, 0.5) is 13.2 Å². The summed E-state index contributed by atoms with van der Waals surface area (Å²) < 4.78 is 83.7. The summed E-state index contributed by atoms with van der Waals surface area (Å²) in [5, 5.41) is -1.67. The third-order valence-corrected chi connectivity index (χ3v) is 10.1. The van der Waals surface area contributed by atoms with Gasteiger partial charge in [-0.1, -0.05) is 26.2 Å². The molecular formula is C12H19F3O5S2. The third-order valence-electron chi connectivity index (χ3n) is 4.10. The lowest BCUT2D eigenvalue weighted by molar-refractivity contribution is -0.119. The number of halogens is 3. The zero-order chi connectivity index (χ0) is 17.4. The van der Waals surface area contributed by atoms with Crippen LogP contribution in [-0.4, -0.2) is 37.5 Å². The standard InChI is InChI=1S/C12H19F3O5S2/c1-3-4-5-6-10-9(16)7-8-11(2,21(10,17)18)22(19,20)12(13,14)15/h10H,3-8H2,1-2H3/t10-,11+/m1/s1. The SMILES string of the molecule is CCCCC[C@@H]1C(=O)CC[C@](C)(S(=O)(=O)C(F)(F)F)S1(=O)=O. The number of alkyl halides is 3. The van der Waals surface area contributed by atoms with E-state index < -0.39 is 53.1 Å². The molecule has 1 fully saturated rings. The van der Waals surface area contributed by atoms with E-state index in [4.69, 9.17) is 0 Å². The molecule has 0 radical (unpaired) electrons.